The van der Waals surface area contributed by atoms with Gasteiger partial charge in [0, 0.05) is 23.9 Å². The predicted molar refractivity (Wildman–Crippen MR) is 177 cm³/mol. The number of imide groups is 2. The molecule has 2 aliphatic heterocycles. The molecular formula is C38H35ClN2O7. The van der Waals surface area contributed by atoms with Crippen LogP contribution in [-0.4, -0.2) is 51.3 Å². The number of hydrogen-bond acceptors (Lipinski definition) is 6. The van der Waals surface area contributed by atoms with Crippen LogP contribution in [0.3, 0.4) is 0 Å². The summed E-state index contributed by atoms with van der Waals surface area (Å²) in [6.45, 7) is 3.59. The number of carbonyl (C=O) groups excluding carboxylic acids is 4. The van der Waals surface area contributed by atoms with Gasteiger partial charge in [0.25, 0.3) is 0 Å². The second-order valence-corrected chi connectivity index (χ2v) is 13.9. The molecule has 2 N–H and O–H groups in total. The SMILES string of the molecule is Cc1cc(C2C3=CCC4C(=O)N(CCCC(=O)O)C(=O)C4C3CC3C(=O)N(c4cccc(Cl)c4)C(=O)C32c2ccccc2)cc(C)c1O. The van der Waals surface area contributed by atoms with Crippen LogP contribution in [0.5, 0.6) is 5.75 Å². The maximum atomic E-state index is 15.3. The van der Waals surface area contributed by atoms with Crippen LogP contribution < -0.4 is 4.90 Å². The molecule has 6 unspecified atom stereocenters. The summed E-state index contributed by atoms with van der Waals surface area (Å²) in [5, 5.41) is 20.3. The molecule has 10 heteroatoms. The molecule has 3 aromatic rings. The first-order valence-corrected chi connectivity index (χ1v) is 16.6. The average Bonchev–Trinajstić information content (AvgIpc) is 3.44. The van der Waals surface area contributed by atoms with E-state index in [9.17, 15) is 24.3 Å². The number of allylic oxidation sites excluding steroid dienone is 2. The number of anilines is 1. The number of aryl methyl sites for hydroxylation is 2. The second-order valence-electron chi connectivity index (χ2n) is 13.4. The number of phenolic OH excluding ortho intramolecular Hbond substituents is 1. The number of phenols is 1. The summed E-state index contributed by atoms with van der Waals surface area (Å²) in [5.74, 6) is -5.87. The standard InChI is InChI=1S/C38H35ClN2O7/c1-20-16-22(17-21(2)33(20)44)32-26-13-14-27-31(36(47)40(34(27)45)15-7-12-30(42)43)28(26)19-29-35(46)41(25-11-6-10-24(39)18-25)37(48)38(29,32)23-8-4-3-5-9-23/h3-6,8-11,13,16-18,27-29,31-32,44H,7,12,14-15,19H2,1-2H3,(H,42,43). The van der Waals surface area contributed by atoms with E-state index >= 15 is 4.79 Å². The van der Waals surface area contributed by atoms with E-state index < -0.39 is 52.8 Å². The van der Waals surface area contributed by atoms with Crippen molar-refractivity contribution in [2.75, 3.05) is 11.4 Å². The van der Waals surface area contributed by atoms with Crippen molar-refractivity contribution in [3.05, 3.63) is 106 Å². The first-order chi connectivity index (χ1) is 23.0. The van der Waals surface area contributed by atoms with Gasteiger partial charge in [-0.25, -0.2) is 4.90 Å². The summed E-state index contributed by atoms with van der Waals surface area (Å²) < 4.78 is 0. The van der Waals surface area contributed by atoms with E-state index in [1.54, 1.807) is 38.1 Å². The molecule has 0 spiro atoms. The molecule has 0 radical (unpaired) electrons. The minimum Gasteiger partial charge on any atom is -0.507 e. The normalized spacial score (nSPS) is 27.9. The monoisotopic (exact) mass is 666 g/mol. The average molecular weight is 667 g/mol. The fraction of sp³-hybridized carbons (Fsp3) is 0.342. The van der Waals surface area contributed by atoms with E-state index in [0.717, 1.165) is 11.1 Å². The lowest BCUT2D eigenvalue weighted by molar-refractivity contribution is -0.142. The third-order valence-corrected chi connectivity index (χ3v) is 11.1. The number of fused-ring (bicyclic) bond motifs is 4. The van der Waals surface area contributed by atoms with Crippen molar-refractivity contribution in [2.45, 2.75) is 50.9 Å². The van der Waals surface area contributed by atoms with Crippen LogP contribution >= 0.6 is 11.6 Å². The van der Waals surface area contributed by atoms with Crippen LogP contribution in [0, 0.1) is 37.5 Å². The Kier molecular flexibility index (Phi) is 7.78. The summed E-state index contributed by atoms with van der Waals surface area (Å²) in [6.07, 6.45) is 2.41. The summed E-state index contributed by atoms with van der Waals surface area (Å²) >= 11 is 6.37. The number of likely N-dealkylation sites (tertiary alicyclic amines) is 1. The number of nitrogens with zero attached hydrogens (tertiary/aromatic N) is 2. The highest BCUT2D eigenvalue weighted by molar-refractivity contribution is 6.32. The highest BCUT2D eigenvalue weighted by Gasteiger charge is 2.70. The number of aliphatic carboxylic acids is 1. The smallest absolute Gasteiger partial charge is 0.303 e. The van der Waals surface area contributed by atoms with Gasteiger partial charge in [0.15, 0.2) is 0 Å². The van der Waals surface area contributed by atoms with Crippen LogP contribution in [0.1, 0.15) is 53.9 Å². The Labute approximate surface area is 282 Å². The number of carboxylic acids is 1. The number of rotatable bonds is 7. The number of benzene rings is 3. The number of carboxylic acid groups (broad SMARTS) is 1. The fourth-order valence-electron chi connectivity index (χ4n) is 8.95. The van der Waals surface area contributed by atoms with Gasteiger partial charge in [-0.3, -0.25) is 28.9 Å². The quantitative estimate of drug-likeness (QED) is 0.245. The maximum Gasteiger partial charge on any atom is 0.303 e. The molecule has 9 nitrogen and oxygen atoms in total. The van der Waals surface area contributed by atoms with Gasteiger partial charge in [-0.2, -0.15) is 0 Å². The first-order valence-electron chi connectivity index (χ1n) is 16.2. The molecule has 4 amide bonds. The minimum atomic E-state index is -1.40. The molecule has 2 saturated heterocycles. The van der Waals surface area contributed by atoms with E-state index in [1.165, 1.54) is 9.80 Å². The van der Waals surface area contributed by atoms with Crippen molar-refractivity contribution in [1.82, 2.24) is 4.90 Å². The van der Waals surface area contributed by atoms with Crippen molar-refractivity contribution in [3.8, 4) is 5.75 Å². The van der Waals surface area contributed by atoms with Crippen LogP contribution in [0.25, 0.3) is 0 Å². The molecule has 0 bridgehead atoms. The lowest BCUT2D eigenvalue weighted by atomic mass is 9.49. The Morgan fingerprint density at radius 3 is 2.29 bits per heavy atom. The van der Waals surface area contributed by atoms with Gasteiger partial charge in [0.05, 0.1) is 28.9 Å². The van der Waals surface area contributed by atoms with Crippen LogP contribution in [0.2, 0.25) is 5.02 Å². The Morgan fingerprint density at radius 1 is 0.917 bits per heavy atom. The Morgan fingerprint density at radius 2 is 1.62 bits per heavy atom. The van der Waals surface area contributed by atoms with E-state index in [2.05, 4.69) is 0 Å². The van der Waals surface area contributed by atoms with Gasteiger partial charge in [-0.1, -0.05) is 71.8 Å². The van der Waals surface area contributed by atoms with Gasteiger partial charge < -0.3 is 10.2 Å². The van der Waals surface area contributed by atoms with Gasteiger partial charge in [-0.05, 0) is 79.5 Å². The van der Waals surface area contributed by atoms with Gasteiger partial charge in [-0.15, -0.1) is 0 Å². The molecule has 3 aromatic carbocycles. The molecule has 6 atom stereocenters. The highest BCUT2D eigenvalue weighted by atomic mass is 35.5. The van der Waals surface area contributed by atoms with Crippen molar-refractivity contribution < 1.29 is 34.2 Å². The zero-order valence-corrected chi connectivity index (χ0v) is 27.3. The Bertz CT molecular complexity index is 1900. The largest absolute Gasteiger partial charge is 0.507 e. The van der Waals surface area contributed by atoms with Crippen molar-refractivity contribution in [1.29, 1.82) is 0 Å². The number of carbonyl (C=O) groups is 5. The van der Waals surface area contributed by atoms with E-state index in [0.29, 0.717) is 27.4 Å². The van der Waals surface area contributed by atoms with E-state index in [1.807, 2.05) is 48.5 Å². The third-order valence-electron chi connectivity index (χ3n) is 10.9. The molecule has 3 fully saturated rings. The van der Waals surface area contributed by atoms with Crippen LogP contribution in [0.4, 0.5) is 5.69 Å². The first kappa shape index (κ1) is 31.8. The molecule has 2 aliphatic carbocycles. The molecule has 4 aliphatic rings. The van der Waals surface area contributed by atoms with Gasteiger partial charge >= 0.3 is 5.97 Å². The summed E-state index contributed by atoms with van der Waals surface area (Å²) in [6, 6.07) is 19.6. The van der Waals surface area contributed by atoms with E-state index in [-0.39, 0.29) is 49.8 Å². The van der Waals surface area contributed by atoms with Crippen molar-refractivity contribution >= 4 is 46.9 Å². The molecule has 2 heterocycles. The third kappa shape index (κ3) is 4.62. The zero-order chi connectivity index (χ0) is 34.1. The lowest BCUT2D eigenvalue weighted by Crippen LogP contribution is -2.53. The van der Waals surface area contributed by atoms with Crippen molar-refractivity contribution in [3.63, 3.8) is 0 Å². The van der Waals surface area contributed by atoms with E-state index in [4.69, 9.17) is 16.7 Å². The molecule has 246 valence electrons. The number of hydrogen-bond donors (Lipinski definition) is 2. The Balaban J connectivity index is 1.45. The summed E-state index contributed by atoms with van der Waals surface area (Å²) in [7, 11) is 0. The Hall–Kier alpha value is -4.76. The molecular weight excluding hydrogens is 632 g/mol. The highest BCUT2D eigenvalue weighted by Crippen LogP contribution is 2.64. The van der Waals surface area contributed by atoms with Gasteiger partial charge in [0.2, 0.25) is 23.6 Å². The predicted octanol–water partition coefficient (Wildman–Crippen LogP) is 5.69. The topological polar surface area (TPSA) is 132 Å². The van der Waals surface area contributed by atoms with Crippen LogP contribution in [0.15, 0.2) is 78.4 Å². The minimum absolute atomic E-state index is 0.0101. The van der Waals surface area contributed by atoms with Gasteiger partial charge in [0.1, 0.15) is 5.75 Å². The number of halogens is 1. The lowest BCUT2D eigenvalue weighted by Gasteiger charge is -2.51. The molecule has 7 rings (SSSR count). The fourth-order valence-corrected chi connectivity index (χ4v) is 9.13. The second kappa shape index (κ2) is 11.7. The number of aromatic hydroxyl groups is 1. The summed E-state index contributed by atoms with van der Waals surface area (Å²) in [5.41, 5.74) is 2.39. The van der Waals surface area contributed by atoms with Crippen molar-refractivity contribution in [2.24, 2.45) is 23.7 Å². The molecule has 0 aromatic heterocycles. The van der Waals surface area contributed by atoms with Crippen LogP contribution in [-0.2, 0) is 29.4 Å². The number of amides is 4. The molecule has 48 heavy (non-hydrogen) atoms. The zero-order valence-electron chi connectivity index (χ0n) is 26.6. The molecule has 1 saturated carbocycles. The summed E-state index contributed by atoms with van der Waals surface area (Å²) in [4.78, 5) is 71.4. The maximum absolute atomic E-state index is 15.3.